The standard InChI is InChI=1S/C32H32N4O5.C2H4O2/c1-40-28-18-24(14-17-27(28)41-20-21-8-4-2-5-9-21)29(36-25-15-12-23(13-16-25)31(33)34)26(37)19-35-30(32(38)39)22-10-6-3-7-11-22;1-2(3)4/h2-18,29-30,35-36H,19-20H2,1H3,(H3,33,34)(H,38,39);1H3,(H,3,4)/t29-,30-;/m0./s1. The second-order valence-corrected chi connectivity index (χ2v) is 9.80. The zero-order valence-corrected chi connectivity index (χ0v) is 24.9. The Bertz CT molecular complexity index is 1580. The molecule has 11 heteroatoms. The third-order valence-corrected chi connectivity index (χ3v) is 6.45. The molecule has 0 aliphatic heterocycles. The molecule has 0 saturated heterocycles. The van der Waals surface area contributed by atoms with Gasteiger partial charge >= 0.3 is 5.97 Å². The molecule has 0 fully saturated rings. The van der Waals surface area contributed by atoms with E-state index in [2.05, 4.69) is 10.6 Å². The van der Waals surface area contributed by atoms with Crippen LogP contribution >= 0.6 is 0 Å². The Balaban J connectivity index is 0.00000130. The zero-order chi connectivity index (χ0) is 32.8. The number of carboxylic acid groups (broad SMARTS) is 2. The summed E-state index contributed by atoms with van der Waals surface area (Å²) in [7, 11) is 1.53. The molecule has 0 heterocycles. The first-order valence-corrected chi connectivity index (χ1v) is 13.9. The molecule has 0 spiro atoms. The van der Waals surface area contributed by atoms with E-state index in [0.29, 0.717) is 40.5 Å². The van der Waals surface area contributed by atoms with Crippen molar-refractivity contribution in [1.82, 2.24) is 5.32 Å². The van der Waals surface area contributed by atoms with Gasteiger partial charge in [-0.1, -0.05) is 66.7 Å². The summed E-state index contributed by atoms with van der Waals surface area (Å²) in [5.41, 5.74) is 8.89. The van der Waals surface area contributed by atoms with Crippen molar-refractivity contribution in [2.45, 2.75) is 25.6 Å². The number of nitrogen functional groups attached to an aromatic ring is 1. The maximum Gasteiger partial charge on any atom is 0.325 e. The normalized spacial score (nSPS) is 11.6. The van der Waals surface area contributed by atoms with Gasteiger partial charge in [-0.05, 0) is 53.1 Å². The molecular formula is C34H36N4O7. The second kappa shape index (κ2) is 16.8. The van der Waals surface area contributed by atoms with Crippen LogP contribution < -0.4 is 25.8 Å². The number of hydrogen-bond donors (Lipinski definition) is 6. The van der Waals surface area contributed by atoms with Gasteiger partial charge in [-0.2, -0.15) is 0 Å². The van der Waals surface area contributed by atoms with E-state index in [1.807, 2.05) is 30.3 Å². The maximum atomic E-state index is 13.6. The van der Waals surface area contributed by atoms with Crippen molar-refractivity contribution >= 4 is 29.2 Å². The summed E-state index contributed by atoms with van der Waals surface area (Å²) in [6.45, 7) is 1.21. The van der Waals surface area contributed by atoms with Crippen molar-refractivity contribution in [2.75, 3.05) is 19.0 Å². The number of hydrogen-bond acceptors (Lipinski definition) is 8. The minimum absolute atomic E-state index is 0.0650. The lowest BCUT2D eigenvalue weighted by molar-refractivity contribution is -0.140. The molecule has 2 atom stereocenters. The Morgan fingerprint density at radius 1 is 0.822 bits per heavy atom. The van der Waals surface area contributed by atoms with Gasteiger partial charge in [0.05, 0.1) is 13.7 Å². The number of nitrogens with one attached hydrogen (secondary N) is 3. The van der Waals surface area contributed by atoms with Crippen LogP contribution in [0.2, 0.25) is 0 Å². The summed E-state index contributed by atoms with van der Waals surface area (Å²) in [5.74, 6) is -1.31. The predicted molar refractivity (Wildman–Crippen MR) is 171 cm³/mol. The van der Waals surface area contributed by atoms with Crippen molar-refractivity contribution in [3.05, 3.63) is 125 Å². The lowest BCUT2D eigenvalue weighted by Gasteiger charge is -2.22. The van der Waals surface area contributed by atoms with Crippen molar-refractivity contribution in [3.63, 3.8) is 0 Å². The molecule has 0 saturated carbocycles. The molecule has 7 N–H and O–H groups in total. The average molecular weight is 613 g/mol. The number of nitrogens with two attached hydrogens (primary N) is 1. The van der Waals surface area contributed by atoms with Crippen molar-refractivity contribution in [3.8, 4) is 11.5 Å². The van der Waals surface area contributed by atoms with E-state index in [1.54, 1.807) is 72.8 Å². The summed E-state index contributed by atoms with van der Waals surface area (Å²) in [6, 6.07) is 28.6. The fraction of sp³-hybridized carbons (Fsp3) is 0.176. The molecular weight excluding hydrogens is 576 g/mol. The largest absolute Gasteiger partial charge is 0.493 e. The summed E-state index contributed by atoms with van der Waals surface area (Å²) in [5, 5.41) is 31.0. The van der Waals surface area contributed by atoms with Crippen molar-refractivity contribution in [2.24, 2.45) is 5.73 Å². The number of ketones is 1. The van der Waals surface area contributed by atoms with Gasteiger partial charge in [0.25, 0.3) is 5.97 Å². The molecule has 234 valence electrons. The number of methoxy groups -OCH3 is 1. The molecule has 11 nitrogen and oxygen atoms in total. The van der Waals surface area contributed by atoms with Crippen LogP contribution in [-0.2, 0) is 21.0 Å². The summed E-state index contributed by atoms with van der Waals surface area (Å²) in [4.78, 5) is 34.6. The van der Waals surface area contributed by atoms with E-state index in [4.69, 9.17) is 30.5 Å². The Kier molecular flexibility index (Phi) is 12.6. The second-order valence-electron chi connectivity index (χ2n) is 9.80. The third kappa shape index (κ3) is 10.5. The predicted octanol–water partition coefficient (Wildman–Crippen LogP) is 4.79. The SMILES string of the molecule is CC(=O)O.COc1cc([C@H](Nc2ccc(C(=N)N)cc2)C(=O)CN[C@H](C(=O)O)c2ccccc2)ccc1OCc1ccccc1. The van der Waals surface area contributed by atoms with Crippen molar-refractivity contribution < 1.29 is 34.1 Å². The number of Topliss-reactive ketones (excluding diaryl/α,β-unsaturated/α-hetero) is 1. The number of benzene rings is 4. The molecule has 0 unspecified atom stereocenters. The molecule has 0 aliphatic rings. The van der Waals surface area contributed by atoms with E-state index in [0.717, 1.165) is 12.5 Å². The minimum Gasteiger partial charge on any atom is -0.493 e. The Hall–Kier alpha value is -5.68. The van der Waals surface area contributed by atoms with E-state index < -0.39 is 24.0 Å². The highest BCUT2D eigenvalue weighted by molar-refractivity contribution is 5.95. The van der Waals surface area contributed by atoms with Gasteiger partial charge in [-0.15, -0.1) is 0 Å². The number of carboxylic acids is 2. The summed E-state index contributed by atoms with van der Waals surface area (Å²) in [6.07, 6.45) is 0. The number of carbonyl (C=O) groups excluding carboxylic acids is 1. The van der Waals surface area contributed by atoms with Crippen LogP contribution in [0.15, 0.2) is 103 Å². The van der Waals surface area contributed by atoms with Crippen LogP contribution in [0, 0.1) is 5.41 Å². The highest BCUT2D eigenvalue weighted by atomic mass is 16.5. The number of anilines is 1. The molecule has 4 aromatic rings. The number of carbonyl (C=O) groups is 3. The number of rotatable bonds is 14. The highest BCUT2D eigenvalue weighted by Gasteiger charge is 2.26. The van der Waals surface area contributed by atoms with Gasteiger partial charge in [-0.3, -0.25) is 25.1 Å². The summed E-state index contributed by atoms with van der Waals surface area (Å²) >= 11 is 0. The van der Waals surface area contributed by atoms with Crippen molar-refractivity contribution in [1.29, 1.82) is 5.41 Å². The van der Waals surface area contributed by atoms with E-state index in [9.17, 15) is 14.7 Å². The van der Waals surface area contributed by atoms with Gasteiger partial charge in [0, 0.05) is 18.2 Å². The lowest BCUT2D eigenvalue weighted by atomic mass is 10.00. The zero-order valence-electron chi connectivity index (χ0n) is 24.9. The van der Waals surface area contributed by atoms with Gasteiger partial charge in [0.15, 0.2) is 17.3 Å². The number of ether oxygens (including phenoxy) is 2. The quantitative estimate of drug-likeness (QED) is 0.0855. The van der Waals surface area contributed by atoms with E-state index >= 15 is 0 Å². The fourth-order valence-electron chi connectivity index (χ4n) is 4.28. The van der Waals surface area contributed by atoms with Crippen LogP contribution in [0.4, 0.5) is 5.69 Å². The minimum atomic E-state index is -1.09. The van der Waals surface area contributed by atoms with Crippen LogP contribution in [0.3, 0.4) is 0 Å². The molecule has 0 aromatic heterocycles. The Morgan fingerprint density at radius 3 is 1.98 bits per heavy atom. The molecule has 0 radical (unpaired) electrons. The molecule has 45 heavy (non-hydrogen) atoms. The molecule has 0 amide bonds. The Morgan fingerprint density at radius 2 is 1.42 bits per heavy atom. The molecule has 4 rings (SSSR count). The monoisotopic (exact) mass is 612 g/mol. The van der Waals surface area contributed by atoms with Gasteiger partial charge < -0.3 is 30.7 Å². The van der Waals surface area contributed by atoms with Crippen LogP contribution in [0.1, 0.15) is 41.3 Å². The molecule has 4 aromatic carbocycles. The maximum absolute atomic E-state index is 13.6. The Labute approximate surface area is 261 Å². The number of aliphatic carboxylic acids is 2. The first kappa shape index (κ1) is 33.8. The topological polar surface area (TPSA) is 184 Å². The van der Waals surface area contributed by atoms with Gasteiger partial charge in [-0.25, -0.2) is 0 Å². The smallest absolute Gasteiger partial charge is 0.325 e. The van der Waals surface area contributed by atoms with Gasteiger partial charge in [0.1, 0.15) is 24.5 Å². The fourth-order valence-corrected chi connectivity index (χ4v) is 4.28. The molecule has 0 bridgehead atoms. The lowest BCUT2D eigenvalue weighted by Crippen LogP contribution is -2.36. The summed E-state index contributed by atoms with van der Waals surface area (Å²) < 4.78 is 11.6. The van der Waals surface area contributed by atoms with Crippen LogP contribution in [-0.4, -0.2) is 47.4 Å². The average Bonchev–Trinajstić information content (AvgIpc) is 3.03. The van der Waals surface area contributed by atoms with Crippen LogP contribution in [0.5, 0.6) is 11.5 Å². The van der Waals surface area contributed by atoms with Gasteiger partial charge in [0.2, 0.25) is 0 Å². The van der Waals surface area contributed by atoms with E-state index in [-0.39, 0.29) is 18.2 Å². The third-order valence-electron chi connectivity index (χ3n) is 6.45. The number of amidine groups is 1. The van der Waals surface area contributed by atoms with Crippen LogP contribution in [0.25, 0.3) is 0 Å². The highest BCUT2D eigenvalue weighted by Crippen LogP contribution is 2.33. The molecule has 0 aliphatic carbocycles. The first-order chi connectivity index (χ1) is 21.6. The first-order valence-electron chi connectivity index (χ1n) is 13.9. The van der Waals surface area contributed by atoms with E-state index in [1.165, 1.54) is 7.11 Å².